The molecule has 154 valence electrons. The van der Waals surface area contributed by atoms with E-state index in [4.69, 9.17) is 9.15 Å². The number of pyridine rings is 1. The summed E-state index contributed by atoms with van der Waals surface area (Å²) in [5, 5.41) is 11.1. The summed E-state index contributed by atoms with van der Waals surface area (Å²) in [6.07, 6.45) is 1.64. The maximum atomic E-state index is 12.5. The third-order valence-corrected chi connectivity index (χ3v) is 5.15. The topological polar surface area (TPSA) is 97.5 Å². The second kappa shape index (κ2) is 8.22. The van der Waals surface area contributed by atoms with Gasteiger partial charge in [-0.2, -0.15) is 5.10 Å². The zero-order chi connectivity index (χ0) is 20.4. The quantitative estimate of drug-likeness (QED) is 0.685. The van der Waals surface area contributed by atoms with Crippen LogP contribution in [0.3, 0.4) is 0 Å². The highest BCUT2D eigenvalue weighted by Gasteiger charge is 2.25. The van der Waals surface area contributed by atoms with Gasteiger partial charge in [-0.3, -0.25) is 9.58 Å². The minimum absolute atomic E-state index is 0.0421. The van der Waals surface area contributed by atoms with Crippen LogP contribution in [0.5, 0.6) is 0 Å². The lowest BCUT2D eigenvalue weighted by Crippen LogP contribution is -2.44. The summed E-state index contributed by atoms with van der Waals surface area (Å²) in [6, 6.07) is 5.48. The van der Waals surface area contributed by atoms with Crippen molar-refractivity contribution in [3.8, 4) is 0 Å². The third kappa shape index (κ3) is 4.25. The lowest BCUT2D eigenvalue weighted by atomic mass is 10.1. The van der Waals surface area contributed by atoms with E-state index >= 15 is 0 Å². The number of aryl methyl sites for hydroxylation is 3. The van der Waals surface area contributed by atoms with Gasteiger partial charge in [0.05, 0.1) is 36.8 Å². The molecule has 0 saturated carbocycles. The summed E-state index contributed by atoms with van der Waals surface area (Å²) in [7, 11) is 1.85. The van der Waals surface area contributed by atoms with E-state index in [1.807, 2.05) is 39.1 Å². The fourth-order valence-electron chi connectivity index (χ4n) is 3.67. The molecule has 0 aromatic carbocycles. The fraction of sp³-hybridized carbons (Fsp3) is 0.450. The Kier molecular flexibility index (Phi) is 5.50. The Balaban J connectivity index is 1.43. The molecule has 1 fully saturated rings. The number of carbonyl (C=O) groups excluding carboxylic acids is 1. The van der Waals surface area contributed by atoms with E-state index in [9.17, 15) is 4.79 Å². The molecule has 2 amide bonds. The maximum Gasteiger partial charge on any atom is 0.319 e. The highest BCUT2D eigenvalue weighted by atomic mass is 16.5. The lowest BCUT2D eigenvalue weighted by Gasteiger charge is -2.33. The molecule has 4 heterocycles. The van der Waals surface area contributed by atoms with Crippen LogP contribution in [-0.4, -0.2) is 58.5 Å². The molecular weight excluding hydrogens is 372 g/mol. The monoisotopic (exact) mass is 398 g/mol. The zero-order valence-electron chi connectivity index (χ0n) is 16.9. The van der Waals surface area contributed by atoms with Crippen molar-refractivity contribution in [2.75, 3.05) is 38.2 Å². The molecule has 1 atom stereocenters. The Morgan fingerprint density at radius 3 is 2.79 bits per heavy atom. The number of urea groups is 1. The van der Waals surface area contributed by atoms with Gasteiger partial charge in [0.25, 0.3) is 0 Å². The number of rotatable bonds is 5. The number of anilines is 1. The van der Waals surface area contributed by atoms with Crippen molar-refractivity contribution in [1.82, 2.24) is 25.0 Å². The van der Waals surface area contributed by atoms with Crippen molar-refractivity contribution in [2.45, 2.75) is 19.9 Å². The molecule has 9 heteroatoms. The van der Waals surface area contributed by atoms with Gasteiger partial charge in [0.2, 0.25) is 0 Å². The minimum atomic E-state index is -0.283. The summed E-state index contributed by atoms with van der Waals surface area (Å²) in [5.41, 5.74) is 2.29. The van der Waals surface area contributed by atoms with Gasteiger partial charge in [-0.15, -0.1) is 0 Å². The highest BCUT2D eigenvalue weighted by molar-refractivity contribution is 5.92. The van der Waals surface area contributed by atoms with Gasteiger partial charge in [-0.1, -0.05) is 0 Å². The molecule has 1 aliphatic rings. The van der Waals surface area contributed by atoms with Gasteiger partial charge in [-0.05, 0) is 32.0 Å². The summed E-state index contributed by atoms with van der Waals surface area (Å²) in [6.45, 7) is 7.23. The maximum absolute atomic E-state index is 12.5. The predicted molar refractivity (Wildman–Crippen MR) is 109 cm³/mol. The molecule has 0 bridgehead atoms. The first kappa shape index (κ1) is 19.4. The molecule has 1 unspecified atom stereocenters. The van der Waals surface area contributed by atoms with Crippen molar-refractivity contribution in [3.63, 3.8) is 0 Å². The standard InChI is InChI=1S/C20H26N6O3/c1-13-4-5-18(29-13)17(26-6-8-28-9-7-26)12-22-20(27)23-15-10-16-14(2)24-25(3)19(16)21-11-15/h4-5,10-11,17H,6-9,12H2,1-3H3,(H2,22,23,27). The number of amides is 2. The Morgan fingerprint density at radius 2 is 2.07 bits per heavy atom. The molecule has 2 N–H and O–H groups in total. The first-order chi connectivity index (χ1) is 14.0. The van der Waals surface area contributed by atoms with Crippen LogP contribution in [0.25, 0.3) is 11.0 Å². The number of ether oxygens (including phenoxy) is 1. The summed E-state index contributed by atoms with van der Waals surface area (Å²) < 4.78 is 13.0. The molecule has 9 nitrogen and oxygen atoms in total. The van der Waals surface area contributed by atoms with Crippen LogP contribution in [0.4, 0.5) is 10.5 Å². The molecule has 0 aliphatic carbocycles. The Labute approximate surface area is 169 Å². The van der Waals surface area contributed by atoms with Crippen LogP contribution in [0, 0.1) is 13.8 Å². The van der Waals surface area contributed by atoms with E-state index in [0.717, 1.165) is 41.3 Å². The van der Waals surface area contributed by atoms with Gasteiger partial charge >= 0.3 is 6.03 Å². The first-order valence-corrected chi connectivity index (χ1v) is 9.73. The van der Waals surface area contributed by atoms with Crippen molar-refractivity contribution >= 4 is 22.8 Å². The molecule has 29 heavy (non-hydrogen) atoms. The highest BCUT2D eigenvalue weighted by Crippen LogP contribution is 2.23. The molecule has 1 aliphatic heterocycles. The molecular formula is C20H26N6O3. The summed E-state index contributed by atoms with van der Waals surface area (Å²) in [4.78, 5) is 19.2. The van der Waals surface area contributed by atoms with Crippen LogP contribution >= 0.6 is 0 Å². The lowest BCUT2D eigenvalue weighted by molar-refractivity contribution is 0.0122. The first-order valence-electron chi connectivity index (χ1n) is 9.73. The zero-order valence-corrected chi connectivity index (χ0v) is 16.9. The average molecular weight is 398 g/mol. The molecule has 1 saturated heterocycles. The second-order valence-corrected chi connectivity index (χ2v) is 7.25. The van der Waals surface area contributed by atoms with E-state index in [1.165, 1.54) is 0 Å². The van der Waals surface area contributed by atoms with Gasteiger partial charge in [-0.25, -0.2) is 9.78 Å². The van der Waals surface area contributed by atoms with Gasteiger partial charge in [0.1, 0.15) is 11.5 Å². The van der Waals surface area contributed by atoms with Crippen molar-refractivity contribution in [3.05, 3.63) is 41.6 Å². The number of nitrogens with zero attached hydrogens (tertiary/aromatic N) is 4. The number of fused-ring (bicyclic) bond motifs is 1. The Hall–Kier alpha value is -2.91. The van der Waals surface area contributed by atoms with Crippen LogP contribution < -0.4 is 10.6 Å². The molecule has 0 spiro atoms. The van der Waals surface area contributed by atoms with E-state index < -0.39 is 0 Å². The number of furan rings is 1. The number of carbonyl (C=O) groups is 1. The number of hydrogen-bond donors (Lipinski definition) is 2. The van der Waals surface area contributed by atoms with Gasteiger partial charge in [0, 0.05) is 32.1 Å². The fourth-order valence-corrected chi connectivity index (χ4v) is 3.67. The summed E-state index contributed by atoms with van der Waals surface area (Å²) in [5.74, 6) is 1.70. The minimum Gasteiger partial charge on any atom is -0.465 e. The SMILES string of the molecule is Cc1ccc(C(CNC(=O)Nc2cnc3c(c2)c(C)nn3C)N2CCOCC2)o1. The summed E-state index contributed by atoms with van der Waals surface area (Å²) >= 11 is 0. The number of aromatic nitrogens is 3. The van der Waals surface area contributed by atoms with E-state index in [-0.39, 0.29) is 12.1 Å². The smallest absolute Gasteiger partial charge is 0.319 e. The van der Waals surface area contributed by atoms with Crippen molar-refractivity contribution in [1.29, 1.82) is 0 Å². The Morgan fingerprint density at radius 1 is 1.28 bits per heavy atom. The molecule has 0 radical (unpaired) electrons. The van der Waals surface area contributed by atoms with Crippen molar-refractivity contribution in [2.24, 2.45) is 7.05 Å². The second-order valence-electron chi connectivity index (χ2n) is 7.25. The molecule has 4 rings (SSSR count). The van der Waals surface area contributed by atoms with E-state index in [1.54, 1.807) is 10.9 Å². The largest absolute Gasteiger partial charge is 0.465 e. The predicted octanol–water partition coefficient (Wildman–Crippen LogP) is 2.37. The molecule has 3 aromatic heterocycles. The van der Waals surface area contributed by atoms with Crippen LogP contribution in [-0.2, 0) is 11.8 Å². The normalized spacial score (nSPS) is 16.1. The van der Waals surface area contributed by atoms with E-state index in [2.05, 4.69) is 25.6 Å². The third-order valence-electron chi connectivity index (χ3n) is 5.15. The van der Waals surface area contributed by atoms with Crippen molar-refractivity contribution < 1.29 is 13.9 Å². The number of nitrogens with one attached hydrogen (secondary N) is 2. The number of morpholine rings is 1. The average Bonchev–Trinajstić information content (AvgIpc) is 3.26. The van der Waals surface area contributed by atoms with Crippen LogP contribution in [0.1, 0.15) is 23.3 Å². The Bertz CT molecular complexity index is 1000. The van der Waals surface area contributed by atoms with Crippen LogP contribution in [0.2, 0.25) is 0 Å². The number of hydrogen-bond acceptors (Lipinski definition) is 6. The van der Waals surface area contributed by atoms with Gasteiger partial charge in [0.15, 0.2) is 5.65 Å². The van der Waals surface area contributed by atoms with Gasteiger partial charge < -0.3 is 19.8 Å². The van der Waals surface area contributed by atoms with Crippen LogP contribution in [0.15, 0.2) is 28.8 Å². The molecule has 3 aromatic rings. The van der Waals surface area contributed by atoms with E-state index in [0.29, 0.717) is 25.4 Å².